The maximum atomic E-state index is 12.2. The monoisotopic (exact) mass is 462 g/mol. The molecule has 10 nitrogen and oxygen atoms in total. The molecule has 1 aliphatic heterocycles. The Labute approximate surface area is 192 Å². The van der Waals surface area contributed by atoms with Gasteiger partial charge in [0.2, 0.25) is 0 Å². The van der Waals surface area contributed by atoms with E-state index < -0.39 is 41.5 Å². The van der Waals surface area contributed by atoms with Gasteiger partial charge in [-0.15, -0.1) is 5.06 Å². The first-order chi connectivity index (χ1) is 15.5. The minimum atomic E-state index is -0.791. The van der Waals surface area contributed by atoms with Crippen LogP contribution in [-0.4, -0.2) is 46.6 Å². The molecule has 180 valence electrons. The van der Waals surface area contributed by atoms with Crippen molar-refractivity contribution in [3.8, 4) is 0 Å². The van der Waals surface area contributed by atoms with Crippen molar-refractivity contribution >= 4 is 29.8 Å². The van der Waals surface area contributed by atoms with Crippen molar-refractivity contribution in [2.45, 2.75) is 77.5 Å². The summed E-state index contributed by atoms with van der Waals surface area (Å²) in [5, 5.41) is 3.12. The second kappa shape index (κ2) is 12.0. The predicted molar refractivity (Wildman–Crippen MR) is 115 cm³/mol. The van der Waals surface area contributed by atoms with E-state index >= 15 is 0 Å². The molecule has 0 aliphatic carbocycles. The molecule has 3 amide bonds. The molecule has 0 radical (unpaired) electrons. The third kappa shape index (κ3) is 9.71. The number of benzene rings is 1. The van der Waals surface area contributed by atoms with Crippen molar-refractivity contribution in [2.75, 3.05) is 0 Å². The van der Waals surface area contributed by atoms with E-state index in [1.165, 1.54) is 0 Å². The Morgan fingerprint density at radius 2 is 1.55 bits per heavy atom. The summed E-state index contributed by atoms with van der Waals surface area (Å²) < 4.78 is 10.5. The minimum Gasteiger partial charge on any atom is -0.461 e. The van der Waals surface area contributed by atoms with E-state index in [9.17, 15) is 24.0 Å². The van der Waals surface area contributed by atoms with Crippen LogP contribution in [0.25, 0.3) is 0 Å². The predicted octanol–water partition coefficient (Wildman–Crippen LogP) is 2.79. The van der Waals surface area contributed by atoms with Gasteiger partial charge >= 0.3 is 18.0 Å². The van der Waals surface area contributed by atoms with Crippen molar-refractivity contribution in [1.29, 1.82) is 0 Å². The second-order valence-electron chi connectivity index (χ2n) is 8.61. The highest BCUT2D eigenvalue weighted by atomic mass is 16.7. The quantitative estimate of drug-likeness (QED) is 0.415. The van der Waals surface area contributed by atoms with Gasteiger partial charge in [0.15, 0.2) is 0 Å². The molecule has 1 N–H and O–H groups in total. The summed E-state index contributed by atoms with van der Waals surface area (Å²) in [6.07, 6.45) is -0.562. The zero-order valence-electron chi connectivity index (χ0n) is 19.1. The molecule has 0 saturated carbocycles. The van der Waals surface area contributed by atoms with E-state index in [4.69, 9.17) is 14.3 Å². The molecular weight excluding hydrogens is 432 g/mol. The van der Waals surface area contributed by atoms with Gasteiger partial charge in [-0.3, -0.25) is 14.4 Å². The first-order valence-corrected chi connectivity index (χ1v) is 10.8. The molecule has 1 fully saturated rings. The molecule has 0 unspecified atom stereocenters. The van der Waals surface area contributed by atoms with Gasteiger partial charge < -0.3 is 19.6 Å². The zero-order valence-corrected chi connectivity index (χ0v) is 19.1. The number of ether oxygens (including phenoxy) is 2. The van der Waals surface area contributed by atoms with Gasteiger partial charge in [0.25, 0.3) is 11.8 Å². The Morgan fingerprint density at radius 3 is 2.12 bits per heavy atom. The van der Waals surface area contributed by atoms with Gasteiger partial charge in [-0.25, -0.2) is 9.59 Å². The summed E-state index contributed by atoms with van der Waals surface area (Å²) in [7, 11) is 0. The molecule has 10 heteroatoms. The summed E-state index contributed by atoms with van der Waals surface area (Å²) >= 11 is 0. The van der Waals surface area contributed by atoms with E-state index in [-0.39, 0.29) is 45.1 Å². The molecule has 0 aromatic heterocycles. The Kier molecular flexibility index (Phi) is 9.38. The van der Waals surface area contributed by atoms with Crippen LogP contribution in [0.3, 0.4) is 0 Å². The molecule has 1 aliphatic rings. The van der Waals surface area contributed by atoms with E-state index in [0.717, 1.165) is 5.56 Å². The maximum Gasteiger partial charge on any atom is 0.407 e. The van der Waals surface area contributed by atoms with E-state index in [2.05, 4.69) is 5.32 Å². The van der Waals surface area contributed by atoms with Gasteiger partial charge in [0.05, 0.1) is 0 Å². The third-order valence-electron chi connectivity index (χ3n) is 4.56. The molecule has 1 heterocycles. The summed E-state index contributed by atoms with van der Waals surface area (Å²) in [6, 6.07) is 8.61. The van der Waals surface area contributed by atoms with Crippen LogP contribution in [-0.2, 0) is 40.1 Å². The van der Waals surface area contributed by atoms with Gasteiger partial charge in [-0.05, 0) is 39.2 Å². The average Bonchev–Trinajstić information content (AvgIpc) is 3.05. The molecule has 33 heavy (non-hydrogen) atoms. The fraction of sp³-hybridized carbons (Fsp3) is 0.522. The van der Waals surface area contributed by atoms with Crippen molar-refractivity contribution in [2.24, 2.45) is 0 Å². The number of nitrogens with zero attached hydrogens (tertiary/aromatic N) is 1. The summed E-state index contributed by atoms with van der Waals surface area (Å²) in [4.78, 5) is 64.4. The number of hydrogen-bond donors (Lipinski definition) is 1. The number of carbonyl (C=O) groups excluding carboxylic acids is 5. The molecule has 1 aromatic rings. The highest BCUT2D eigenvalue weighted by Gasteiger charge is 2.33. The third-order valence-corrected chi connectivity index (χ3v) is 4.56. The normalized spacial score (nSPS) is 14.6. The number of amides is 3. The number of carbonyl (C=O) groups is 5. The number of imide groups is 1. The lowest BCUT2D eigenvalue weighted by atomic mass is 10.1. The van der Waals surface area contributed by atoms with Crippen LogP contribution in [0, 0.1) is 0 Å². The fourth-order valence-electron chi connectivity index (χ4n) is 2.96. The van der Waals surface area contributed by atoms with Crippen molar-refractivity contribution < 1.29 is 38.3 Å². The first-order valence-electron chi connectivity index (χ1n) is 10.8. The number of alkyl carbamates (subject to hydrolysis) is 1. The Hall–Kier alpha value is -3.43. The van der Waals surface area contributed by atoms with Gasteiger partial charge in [0, 0.05) is 31.7 Å². The first kappa shape index (κ1) is 25.8. The highest BCUT2D eigenvalue weighted by molar-refractivity contribution is 6.01. The van der Waals surface area contributed by atoms with E-state index in [0.29, 0.717) is 5.06 Å². The topological polar surface area (TPSA) is 128 Å². The largest absolute Gasteiger partial charge is 0.461 e. The fourth-order valence-corrected chi connectivity index (χ4v) is 2.96. The molecule has 1 aromatic carbocycles. The van der Waals surface area contributed by atoms with E-state index in [1.807, 2.05) is 30.3 Å². The Bertz CT molecular complexity index is 847. The lowest BCUT2D eigenvalue weighted by molar-refractivity contribution is -0.197. The molecule has 1 saturated heterocycles. The van der Waals surface area contributed by atoms with E-state index in [1.54, 1.807) is 20.8 Å². The van der Waals surface area contributed by atoms with Crippen LogP contribution in [0.15, 0.2) is 30.3 Å². The number of rotatable bonds is 10. The van der Waals surface area contributed by atoms with Gasteiger partial charge in [0.1, 0.15) is 12.2 Å². The van der Waals surface area contributed by atoms with Crippen LogP contribution in [0.4, 0.5) is 4.79 Å². The summed E-state index contributed by atoms with van der Waals surface area (Å²) in [6.45, 7) is 5.27. The Morgan fingerprint density at radius 1 is 0.970 bits per heavy atom. The van der Waals surface area contributed by atoms with Gasteiger partial charge in [-0.2, -0.15) is 0 Å². The molecule has 0 spiro atoms. The zero-order chi connectivity index (χ0) is 24.4. The average molecular weight is 462 g/mol. The van der Waals surface area contributed by atoms with Crippen molar-refractivity contribution in [1.82, 2.24) is 10.4 Å². The van der Waals surface area contributed by atoms with Crippen molar-refractivity contribution in [3.63, 3.8) is 0 Å². The van der Waals surface area contributed by atoms with Crippen LogP contribution >= 0.6 is 0 Å². The van der Waals surface area contributed by atoms with Crippen LogP contribution in [0.5, 0.6) is 0 Å². The smallest absolute Gasteiger partial charge is 0.407 e. The van der Waals surface area contributed by atoms with Crippen molar-refractivity contribution in [3.05, 3.63) is 35.9 Å². The highest BCUT2D eigenvalue weighted by Crippen LogP contribution is 2.15. The number of esters is 1. The summed E-state index contributed by atoms with van der Waals surface area (Å²) in [5.41, 5.74) is 0.126. The Balaban J connectivity index is 1.86. The maximum absolute atomic E-state index is 12.2. The van der Waals surface area contributed by atoms with Gasteiger partial charge in [-0.1, -0.05) is 30.3 Å². The minimum absolute atomic E-state index is 0.0000305. The summed E-state index contributed by atoms with van der Waals surface area (Å²) in [5.74, 6) is -2.39. The molecule has 2 rings (SSSR count). The molecule has 1 atom stereocenters. The number of nitrogens with one attached hydrogen (secondary N) is 1. The number of hydroxylamine groups is 2. The molecular formula is C23H30N2O8. The lowest BCUT2D eigenvalue weighted by Gasteiger charge is -2.23. The standard InChI is InChI=1S/C23H30N2O8/c1-23(2,3)32-22(30)24-17(9-13-20(28)31-15-16-7-5-4-6-8-16)10-14-21(29)33-25-18(26)11-12-19(25)27/h4-8,17H,9-15H2,1-3H3,(H,24,30)/t17-/m0/s1. The number of hydrogen-bond acceptors (Lipinski definition) is 8. The molecule has 0 bridgehead atoms. The SMILES string of the molecule is CC(C)(C)OC(=O)N[C@@H](CCC(=O)OCc1ccccc1)CCC(=O)ON1C(=O)CCC1=O. The lowest BCUT2D eigenvalue weighted by Crippen LogP contribution is -2.40. The van der Waals surface area contributed by atoms with Crippen LogP contribution in [0.1, 0.15) is 64.9 Å². The second-order valence-corrected chi connectivity index (χ2v) is 8.61. The van der Waals surface area contributed by atoms with Crippen LogP contribution in [0.2, 0.25) is 0 Å². The van der Waals surface area contributed by atoms with Crippen LogP contribution < -0.4 is 5.32 Å².